The normalized spacial score (nSPS) is 19.4. The van der Waals surface area contributed by atoms with Gasteiger partial charge in [0.25, 0.3) is 0 Å². The fourth-order valence-corrected chi connectivity index (χ4v) is 2.88. The summed E-state index contributed by atoms with van der Waals surface area (Å²) in [7, 11) is 0. The lowest BCUT2D eigenvalue weighted by Crippen LogP contribution is -2.42. The standard InChI is InChI=1S/C16H32N2O2/c1-15(2,11-12-17)10-7-14(19)18-13-16(20)8-5-3-4-6-9-16/h20H,3-13,17H2,1-2H3,(H,18,19). The van der Waals surface area contributed by atoms with Crippen LogP contribution in [0.25, 0.3) is 0 Å². The molecule has 0 atom stereocenters. The van der Waals surface area contributed by atoms with Gasteiger partial charge in [-0.3, -0.25) is 4.79 Å². The van der Waals surface area contributed by atoms with Crippen LogP contribution in [0, 0.1) is 5.41 Å². The Morgan fingerprint density at radius 3 is 2.35 bits per heavy atom. The van der Waals surface area contributed by atoms with Gasteiger partial charge in [-0.05, 0) is 37.6 Å². The fourth-order valence-electron chi connectivity index (χ4n) is 2.88. The largest absolute Gasteiger partial charge is 0.388 e. The number of hydrogen-bond donors (Lipinski definition) is 3. The van der Waals surface area contributed by atoms with Crippen molar-refractivity contribution in [2.24, 2.45) is 11.1 Å². The highest BCUT2D eigenvalue weighted by atomic mass is 16.3. The molecular formula is C16H32N2O2. The molecule has 1 saturated carbocycles. The number of hydrogen-bond acceptors (Lipinski definition) is 3. The Kier molecular flexibility index (Phi) is 6.96. The summed E-state index contributed by atoms with van der Waals surface area (Å²) in [5.74, 6) is 0.0489. The second kappa shape index (κ2) is 7.99. The molecule has 1 aliphatic rings. The maximum absolute atomic E-state index is 11.9. The smallest absolute Gasteiger partial charge is 0.220 e. The SMILES string of the molecule is CC(C)(CCN)CCC(=O)NCC1(O)CCCCCC1. The second-order valence-electron chi connectivity index (χ2n) is 7.12. The third kappa shape index (κ3) is 6.71. The number of carbonyl (C=O) groups is 1. The van der Waals surface area contributed by atoms with Crippen LogP contribution in [0.1, 0.15) is 71.6 Å². The molecule has 118 valence electrons. The predicted octanol–water partition coefficient (Wildman–Crippen LogP) is 2.34. The van der Waals surface area contributed by atoms with E-state index in [0.29, 0.717) is 19.5 Å². The Hall–Kier alpha value is -0.610. The summed E-state index contributed by atoms with van der Waals surface area (Å²) in [6.45, 7) is 5.36. The predicted molar refractivity (Wildman–Crippen MR) is 82.3 cm³/mol. The average Bonchev–Trinajstić information content (AvgIpc) is 2.60. The molecule has 0 radical (unpaired) electrons. The first-order valence-corrected chi connectivity index (χ1v) is 8.06. The molecule has 0 unspecified atom stereocenters. The first-order chi connectivity index (χ1) is 9.37. The maximum Gasteiger partial charge on any atom is 0.220 e. The summed E-state index contributed by atoms with van der Waals surface area (Å²) in [5.41, 5.74) is 5.01. The monoisotopic (exact) mass is 284 g/mol. The molecular weight excluding hydrogens is 252 g/mol. The van der Waals surface area contributed by atoms with Crippen molar-refractivity contribution in [2.45, 2.75) is 77.2 Å². The number of nitrogens with two attached hydrogens (primary N) is 1. The number of amides is 1. The third-order valence-electron chi connectivity index (χ3n) is 4.50. The lowest BCUT2D eigenvalue weighted by Gasteiger charge is -2.27. The van der Waals surface area contributed by atoms with Crippen molar-refractivity contribution < 1.29 is 9.90 Å². The van der Waals surface area contributed by atoms with Crippen LogP contribution in [-0.4, -0.2) is 29.7 Å². The lowest BCUT2D eigenvalue weighted by molar-refractivity contribution is -0.123. The maximum atomic E-state index is 11.9. The van der Waals surface area contributed by atoms with Gasteiger partial charge in [-0.15, -0.1) is 0 Å². The number of aliphatic hydroxyl groups is 1. The minimum Gasteiger partial charge on any atom is -0.388 e. The van der Waals surface area contributed by atoms with Crippen LogP contribution in [0.4, 0.5) is 0 Å². The molecule has 1 aliphatic carbocycles. The summed E-state index contributed by atoms with van der Waals surface area (Å²) in [6.07, 6.45) is 8.44. The minimum absolute atomic E-state index is 0.0489. The van der Waals surface area contributed by atoms with Crippen molar-refractivity contribution >= 4 is 5.91 Å². The molecule has 0 heterocycles. The first kappa shape index (κ1) is 17.4. The van der Waals surface area contributed by atoms with Crippen molar-refractivity contribution in [3.05, 3.63) is 0 Å². The van der Waals surface area contributed by atoms with Crippen molar-refractivity contribution in [3.63, 3.8) is 0 Å². The van der Waals surface area contributed by atoms with Crippen molar-refractivity contribution in [2.75, 3.05) is 13.1 Å². The molecule has 20 heavy (non-hydrogen) atoms. The van der Waals surface area contributed by atoms with Crippen LogP contribution < -0.4 is 11.1 Å². The van der Waals surface area contributed by atoms with E-state index in [4.69, 9.17) is 5.73 Å². The molecule has 1 rings (SSSR count). The summed E-state index contributed by atoms with van der Waals surface area (Å²) >= 11 is 0. The Morgan fingerprint density at radius 2 is 1.80 bits per heavy atom. The van der Waals surface area contributed by atoms with Crippen molar-refractivity contribution in [1.29, 1.82) is 0 Å². The molecule has 0 aromatic carbocycles. The molecule has 4 nitrogen and oxygen atoms in total. The van der Waals surface area contributed by atoms with E-state index in [1.165, 1.54) is 12.8 Å². The van der Waals surface area contributed by atoms with Gasteiger partial charge < -0.3 is 16.2 Å². The van der Waals surface area contributed by atoms with Gasteiger partial charge in [0.1, 0.15) is 0 Å². The third-order valence-corrected chi connectivity index (χ3v) is 4.50. The molecule has 0 spiro atoms. The summed E-state index contributed by atoms with van der Waals surface area (Å²) in [5, 5.41) is 13.4. The molecule has 4 N–H and O–H groups in total. The molecule has 0 saturated heterocycles. The van der Waals surface area contributed by atoms with Gasteiger partial charge in [-0.1, -0.05) is 39.5 Å². The Balaban J connectivity index is 2.28. The van der Waals surface area contributed by atoms with E-state index in [1.807, 2.05) is 0 Å². The van der Waals surface area contributed by atoms with Crippen LogP contribution >= 0.6 is 0 Å². The van der Waals surface area contributed by atoms with Gasteiger partial charge in [0, 0.05) is 13.0 Å². The van der Waals surface area contributed by atoms with Crippen molar-refractivity contribution in [1.82, 2.24) is 5.32 Å². The van der Waals surface area contributed by atoms with Gasteiger partial charge in [0.05, 0.1) is 5.60 Å². The van der Waals surface area contributed by atoms with E-state index in [9.17, 15) is 9.90 Å². The molecule has 4 heteroatoms. The van der Waals surface area contributed by atoms with Crippen LogP contribution in [0.15, 0.2) is 0 Å². The van der Waals surface area contributed by atoms with E-state index >= 15 is 0 Å². The molecule has 0 bridgehead atoms. The van der Waals surface area contributed by atoms with E-state index < -0.39 is 5.60 Å². The highest BCUT2D eigenvalue weighted by Crippen LogP contribution is 2.27. The van der Waals surface area contributed by atoms with Gasteiger partial charge in [0.2, 0.25) is 5.91 Å². The quantitative estimate of drug-likeness (QED) is 0.628. The minimum atomic E-state index is -0.682. The highest BCUT2D eigenvalue weighted by Gasteiger charge is 2.28. The van der Waals surface area contributed by atoms with Gasteiger partial charge in [-0.25, -0.2) is 0 Å². The zero-order valence-corrected chi connectivity index (χ0v) is 13.2. The van der Waals surface area contributed by atoms with E-state index in [-0.39, 0.29) is 11.3 Å². The fraction of sp³-hybridized carbons (Fsp3) is 0.938. The topological polar surface area (TPSA) is 75.4 Å². The Bertz CT molecular complexity index is 295. The van der Waals surface area contributed by atoms with Crippen LogP contribution in [0.2, 0.25) is 0 Å². The summed E-state index contributed by atoms with van der Waals surface area (Å²) in [4.78, 5) is 11.9. The molecule has 0 aliphatic heterocycles. The zero-order valence-electron chi connectivity index (χ0n) is 13.2. The second-order valence-corrected chi connectivity index (χ2v) is 7.12. The molecule has 1 fully saturated rings. The number of carbonyl (C=O) groups excluding carboxylic acids is 1. The molecule has 0 aromatic rings. The summed E-state index contributed by atoms with van der Waals surface area (Å²) in [6, 6.07) is 0. The first-order valence-electron chi connectivity index (χ1n) is 8.06. The van der Waals surface area contributed by atoms with Crippen LogP contribution in [-0.2, 0) is 4.79 Å². The molecule has 0 aromatic heterocycles. The number of nitrogens with one attached hydrogen (secondary N) is 1. The van der Waals surface area contributed by atoms with Crippen molar-refractivity contribution in [3.8, 4) is 0 Å². The summed E-state index contributed by atoms with van der Waals surface area (Å²) < 4.78 is 0. The van der Waals surface area contributed by atoms with Gasteiger partial charge in [0.15, 0.2) is 0 Å². The zero-order chi connectivity index (χ0) is 15.1. The lowest BCUT2D eigenvalue weighted by atomic mass is 9.84. The van der Waals surface area contributed by atoms with Crippen LogP contribution in [0.5, 0.6) is 0 Å². The van der Waals surface area contributed by atoms with E-state index in [0.717, 1.165) is 38.5 Å². The van der Waals surface area contributed by atoms with Gasteiger partial charge >= 0.3 is 0 Å². The Labute approximate surface area is 123 Å². The van der Waals surface area contributed by atoms with E-state index in [2.05, 4.69) is 19.2 Å². The van der Waals surface area contributed by atoms with Gasteiger partial charge in [-0.2, -0.15) is 0 Å². The number of rotatable bonds is 7. The van der Waals surface area contributed by atoms with Crippen LogP contribution in [0.3, 0.4) is 0 Å². The Morgan fingerprint density at radius 1 is 1.20 bits per heavy atom. The highest BCUT2D eigenvalue weighted by molar-refractivity contribution is 5.75. The molecule has 1 amide bonds. The van der Waals surface area contributed by atoms with E-state index in [1.54, 1.807) is 0 Å². The average molecular weight is 284 g/mol.